The third-order valence-corrected chi connectivity index (χ3v) is 4.72. The van der Waals surface area contributed by atoms with Gasteiger partial charge in [-0.25, -0.2) is 4.98 Å². The van der Waals surface area contributed by atoms with Gasteiger partial charge in [-0.15, -0.1) is 11.3 Å². The second-order valence-electron chi connectivity index (χ2n) is 5.39. The molecule has 0 unspecified atom stereocenters. The lowest BCUT2D eigenvalue weighted by atomic mass is 10.2. The Balaban J connectivity index is 1.56. The van der Waals surface area contributed by atoms with Crippen molar-refractivity contribution in [3.63, 3.8) is 0 Å². The number of thiophene rings is 1. The van der Waals surface area contributed by atoms with E-state index in [4.69, 9.17) is 4.74 Å². The second kappa shape index (κ2) is 5.92. The van der Waals surface area contributed by atoms with E-state index in [0.717, 1.165) is 12.1 Å². The highest BCUT2D eigenvalue weighted by atomic mass is 32.1. The number of aryl methyl sites for hydroxylation is 2. The zero-order valence-corrected chi connectivity index (χ0v) is 13.5. The minimum absolute atomic E-state index is 0.0252. The van der Waals surface area contributed by atoms with Crippen LogP contribution >= 0.6 is 11.3 Å². The largest absolute Gasteiger partial charge is 0.481 e. The van der Waals surface area contributed by atoms with Gasteiger partial charge in [0.25, 0.3) is 0 Å². The number of nitrogens with one attached hydrogen (secondary N) is 2. The van der Waals surface area contributed by atoms with Crippen molar-refractivity contribution < 1.29 is 9.53 Å². The van der Waals surface area contributed by atoms with Gasteiger partial charge in [0, 0.05) is 33.4 Å². The maximum Gasteiger partial charge on any atom is 0.245 e. The van der Waals surface area contributed by atoms with Gasteiger partial charge >= 0.3 is 0 Å². The SMILES string of the molecule is COc1cc(C)nc(NNC(=O)[C@@H]2C[C@H]2c2ccc(C)s2)n1. The molecule has 1 aliphatic rings. The number of carbonyl (C=O) groups is 1. The number of nitrogens with zero attached hydrogens (tertiary/aromatic N) is 2. The van der Waals surface area contributed by atoms with Gasteiger partial charge in [-0.2, -0.15) is 4.98 Å². The van der Waals surface area contributed by atoms with Gasteiger partial charge in [-0.1, -0.05) is 0 Å². The summed E-state index contributed by atoms with van der Waals surface area (Å²) in [5.41, 5.74) is 6.21. The molecule has 0 radical (unpaired) electrons. The molecule has 3 rings (SSSR count). The molecule has 2 N–H and O–H groups in total. The van der Waals surface area contributed by atoms with Crippen LogP contribution in [0.4, 0.5) is 5.95 Å². The van der Waals surface area contributed by atoms with Crippen LogP contribution in [-0.4, -0.2) is 23.0 Å². The van der Waals surface area contributed by atoms with E-state index >= 15 is 0 Å². The first kappa shape index (κ1) is 14.8. The molecular weight excluding hydrogens is 300 g/mol. The van der Waals surface area contributed by atoms with Crippen molar-refractivity contribution in [2.24, 2.45) is 5.92 Å². The van der Waals surface area contributed by atoms with Crippen LogP contribution in [0.15, 0.2) is 18.2 Å². The van der Waals surface area contributed by atoms with Crippen molar-refractivity contribution in [2.75, 3.05) is 12.5 Å². The van der Waals surface area contributed by atoms with E-state index in [9.17, 15) is 4.79 Å². The standard InChI is InChI=1S/C15H18N4O2S/c1-8-6-13(21-3)17-15(16-8)19-18-14(20)11-7-10(11)12-5-4-9(2)22-12/h4-6,10-11H,7H2,1-3H3,(H,18,20)(H,16,17,19)/t10-,11-/m1/s1. The van der Waals surface area contributed by atoms with Crippen LogP contribution in [0.5, 0.6) is 5.88 Å². The molecule has 1 amide bonds. The quantitative estimate of drug-likeness (QED) is 0.828. The van der Waals surface area contributed by atoms with Crippen molar-refractivity contribution in [1.29, 1.82) is 0 Å². The molecule has 2 aromatic heterocycles. The number of anilines is 1. The summed E-state index contributed by atoms with van der Waals surface area (Å²) in [5, 5.41) is 0. The van der Waals surface area contributed by atoms with Crippen LogP contribution in [0.3, 0.4) is 0 Å². The first-order valence-electron chi connectivity index (χ1n) is 7.08. The maximum atomic E-state index is 12.2. The van der Waals surface area contributed by atoms with Crippen molar-refractivity contribution in [3.8, 4) is 5.88 Å². The molecule has 0 saturated heterocycles. The van der Waals surface area contributed by atoms with E-state index in [1.54, 1.807) is 24.5 Å². The van der Waals surface area contributed by atoms with Crippen LogP contribution in [0.2, 0.25) is 0 Å². The summed E-state index contributed by atoms with van der Waals surface area (Å²) in [6, 6.07) is 5.93. The average molecular weight is 318 g/mol. The van der Waals surface area contributed by atoms with Crippen LogP contribution in [-0.2, 0) is 4.79 Å². The Morgan fingerprint density at radius 2 is 2.18 bits per heavy atom. The molecule has 2 atom stereocenters. The van der Waals surface area contributed by atoms with Gasteiger partial charge in [0.05, 0.1) is 7.11 Å². The van der Waals surface area contributed by atoms with Crippen molar-refractivity contribution in [1.82, 2.24) is 15.4 Å². The predicted octanol–water partition coefficient (Wildman–Crippen LogP) is 2.41. The number of aromatic nitrogens is 2. The van der Waals surface area contributed by atoms with Gasteiger partial charge in [0.15, 0.2) is 0 Å². The summed E-state index contributed by atoms with van der Waals surface area (Å²) in [5.74, 6) is 1.13. The number of hydrazine groups is 1. The van der Waals surface area contributed by atoms with Gasteiger partial charge in [-0.3, -0.25) is 15.6 Å². The molecule has 1 fully saturated rings. The van der Waals surface area contributed by atoms with Gasteiger partial charge in [-0.05, 0) is 32.4 Å². The Morgan fingerprint density at radius 1 is 1.36 bits per heavy atom. The molecule has 2 heterocycles. The van der Waals surface area contributed by atoms with Crippen molar-refractivity contribution >= 4 is 23.2 Å². The van der Waals surface area contributed by atoms with E-state index in [-0.39, 0.29) is 11.8 Å². The normalized spacial score (nSPS) is 19.6. The smallest absolute Gasteiger partial charge is 0.245 e. The summed E-state index contributed by atoms with van der Waals surface area (Å²) in [6.07, 6.45) is 0.894. The number of ether oxygens (including phenoxy) is 1. The molecule has 1 aliphatic carbocycles. The Labute approximate surface area is 132 Å². The van der Waals surface area contributed by atoms with Gasteiger partial charge in [0.2, 0.25) is 17.7 Å². The lowest BCUT2D eigenvalue weighted by Gasteiger charge is -2.08. The van der Waals surface area contributed by atoms with Crippen LogP contribution < -0.4 is 15.6 Å². The van der Waals surface area contributed by atoms with Crippen molar-refractivity contribution in [2.45, 2.75) is 26.2 Å². The third kappa shape index (κ3) is 3.19. The van der Waals surface area contributed by atoms with Crippen LogP contribution in [0, 0.1) is 19.8 Å². The zero-order chi connectivity index (χ0) is 15.7. The first-order chi connectivity index (χ1) is 10.6. The van der Waals surface area contributed by atoms with Crippen molar-refractivity contribution in [3.05, 3.63) is 33.6 Å². The molecule has 7 heteroatoms. The lowest BCUT2D eigenvalue weighted by Crippen LogP contribution is -2.32. The summed E-state index contributed by atoms with van der Waals surface area (Å²) >= 11 is 1.76. The number of hydrogen-bond donors (Lipinski definition) is 2. The highest BCUT2D eigenvalue weighted by Gasteiger charge is 2.44. The average Bonchev–Trinajstić information content (AvgIpc) is 3.19. The molecule has 22 heavy (non-hydrogen) atoms. The minimum Gasteiger partial charge on any atom is -0.481 e. The topological polar surface area (TPSA) is 76.1 Å². The Hall–Kier alpha value is -2.15. The number of amides is 1. The molecule has 116 valence electrons. The minimum atomic E-state index is -0.0277. The fourth-order valence-corrected chi connectivity index (χ4v) is 3.42. The molecule has 6 nitrogen and oxygen atoms in total. The zero-order valence-electron chi connectivity index (χ0n) is 12.7. The van der Waals surface area contributed by atoms with E-state index < -0.39 is 0 Å². The molecule has 0 aromatic carbocycles. The summed E-state index contributed by atoms with van der Waals surface area (Å²) < 4.78 is 5.08. The number of hydrogen-bond acceptors (Lipinski definition) is 6. The van der Waals surface area contributed by atoms with Crippen LogP contribution in [0.25, 0.3) is 0 Å². The molecule has 2 aromatic rings. The molecule has 1 saturated carbocycles. The predicted molar refractivity (Wildman–Crippen MR) is 85.0 cm³/mol. The number of rotatable bonds is 5. The molecule has 0 spiro atoms. The van der Waals surface area contributed by atoms with Crippen LogP contribution in [0.1, 0.15) is 27.8 Å². The molecular formula is C15H18N4O2S. The van der Waals surface area contributed by atoms with Gasteiger partial charge < -0.3 is 4.74 Å². The Kier molecular flexibility index (Phi) is 3.98. The monoisotopic (exact) mass is 318 g/mol. The Morgan fingerprint density at radius 3 is 2.86 bits per heavy atom. The number of carbonyl (C=O) groups excluding carboxylic acids is 1. The fourth-order valence-electron chi connectivity index (χ4n) is 2.36. The highest BCUT2D eigenvalue weighted by molar-refractivity contribution is 7.12. The summed E-state index contributed by atoms with van der Waals surface area (Å²) in [6.45, 7) is 3.92. The summed E-state index contributed by atoms with van der Waals surface area (Å²) in [7, 11) is 1.54. The summed E-state index contributed by atoms with van der Waals surface area (Å²) in [4.78, 5) is 23.0. The lowest BCUT2D eigenvalue weighted by molar-refractivity contribution is -0.121. The van der Waals surface area contributed by atoms with Gasteiger partial charge in [0.1, 0.15) is 0 Å². The maximum absolute atomic E-state index is 12.2. The van der Waals surface area contributed by atoms with E-state index in [0.29, 0.717) is 17.7 Å². The molecule has 0 aliphatic heterocycles. The van der Waals surface area contributed by atoms with E-state index in [2.05, 4.69) is 39.9 Å². The van der Waals surface area contributed by atoms with E-state index in [1.165, 1.54) is 9.75 Å². The van der Waals surface area contributed by atoms with E-state index in [1.807, 2.05) is 6.92 Å². The Bertz CT molecular complexity index is 701. The molecule has 0 bridgehead atoms. The third-order valence-electron chi connectivity index (χ3n) is 3.59. The first-order valence-corrected chi connectivity index (χ1v) is 7.90. The number of methoxy groups -OCH3 is 1. The second-order valence-corrected chi connectivity index (χ2v) is 6.71. The highest BCUT2D eigenvalue weighted by Crippen LogP contribution is 2.49. The fraction of sp³-hybridized carbons (Fsp3) is 0.400.